The Morgan fingerprint density at radius 3 is 2.33 bits per heavy atom. The lowest BCUT2D eigenvalue weighted by Gasteiger charge is -2.20. The van der Waals surface area contributed by atoms with Crippen LogP contribution in [0.2, 0.25) is 0 Å². The molecular formula is C18H27NO4S. The van der Waals surface area contributed by atoms with Crippen molar-refractivity contribution < 1.29 is 18.3 Å². The third kappa shape index (κ3) is 5.31. The molecule has 1 saturated heterocycles. The van der Waals surface area contributed by atoms with Gasteiger partial charge >= 0.3 is 0 Å². The van der Waals surface area contributed by atoms with Crippen LogP contribution in [-0.4, -0.2) is 49.3 Å². The van der Waals surface area contributed by atoms with Gasteiger partial charge in [0.2, 0.25) is 5.91 Å². The lowest BCUT2D eigenvalue weighted by Crippen LogP contribution is -2.37. The molecule has 0 bridgehead atoms. The summed E-state index contributed by atoms with van der Waals surface area (Å²) in [5, 5.41) is 10.0. The summed E-state index contributed by atoms with van der Waals surface area (Å²) in [6.07, 6.45) is 0.226. The Morgan fingerprint density at radius 2 is 1.83 bits per heavy atom. The quantitative estimate of drug-likeness (QED) is 0.847. The van der Waals surface area contributed by atoms with Crippen molar-refractivity contribution in [2.24, 2.45) is 0 Å². The average molecular weight is 353 g/mol. The van der Waals surface area contributed by atoms with Gasteiger partial charge in [0.1, 0.15) is 0 Å². The molecule has 1 heterocycles. The van der Waals surface area contributed by atoms with Crippen molar-refractivity contribution in [1.29, 1.82) is 0 Å². The van der Waals surface area contributed by atoms with E-state index in [-0.39, 0.29) is 29.4 Å². The summed E-state index contributed by atoms with van der Waals surface area (Å²) in [5.41, 5.74) is 1.89. The van der Waals surface area contributed by atoms with Crippen LogP contribution in [0.5, 0.6) is 0 Å². The van der Waals surface area contributed by atoms with Gasteiger partial charge in [0.05, 0.1) is 17.6 Å². The number of sulfone groups is 1. The summed E-state index contributed by atoms with van der Waals surface area (Å²) in [6.45, 7) is 7.02. The number of carbonyl (C=O) groups is 1. The van der Waals surface area contributed by atoms with Crippen molar-refractivity contribution in [3.63, 3.8) is 0 Å². The van der Waals surface area contributed by atoms with Gasteiger partial charge in [0.15, 0.2) is 9.84 Å². The molecule has 2 rings (SSSR count). The van der Waals surface area contributed by atoms with E-state index in [9.17, 15) is 18.3 Å². The standard InChI is InChI=1S/C18H27NO4S/c1-18(2,3)15-8-6-14(7-9-15)12-24(22,23)13-16(20)11-19-10-4-5-17(19)21/h6-9,16,20H,4-5,10-13H2,1-3H3/t16-/m0/s1. The number of rotatable bonds is 6. The maximum Gasteiger partial charge on any atom is 0.222 e. The summed E-state index contributed by atoms with van der Waals surface area (Å²) < 4.78 is 24.6. The van der Waals surface area contributed by atoms with Crippen LogP contribution in [0.4, 0.5) is 0 Å². The van der Waals surface area contributed by atoms with Crippen LogP contribution in [0.15, 0.2) is 24.3 Å². The number of carbonyl (C=O) groups excluding carboxylic acids is 1. The summed E-state index contributed by atoms with van der Waals surface area (Å²) >= 11 is 0. The third-order valence-electron chi connectivity index (χ3n) is 4.26. The minimum absolute atomic E-state index is 0.00998. The number of likely N-dealkylation sites (tertiary alicyclic amines) is 1. The third-order valence-corrected chi connectivity index (χ3v) is 5.92. The van der Waals surface area contributed by atoms with Crippen molar-refractivity contribution in [2.75, 3.05) is 18.8 Å². The summed E-state index contributed by atoms with van der Waals surface area (Å²) in [4.78, 5) is 13.1. The van der Waals surface area contributed by atoms with Crippen LogP contribution in [0.1, 0.15) is 44.7 Å². The molecule has 0 unspecified atom stereocenters. The first-order chi connectivity index (χ1) is 11.1. The highest BCUT2D eigenvalue weighted by Crippen LogP contribution is 2.22. The van der Waals surface area contributed by atoms with Gasteiger partial charge in [-0.15, -0.1) is 0 Å². The number of nitrogens with zero attached hydrogens (tertiary/aromatic N) is 1. The molecule has 1 N–H and O–H groups in total. The Morgan fingerprint density at radius 1 is 1.21 bits per heavy atom. The van der Waals surface area contributed by atoms with Crippen LogP contribution in [-0.2, 0) is 25.8 Å². The molecule has 1 aromatic carbocycles. The number of amides is 1. The van der Waals surface area contributed by atoms with Crippen LogP contribution < -0.4 is 0 Å². The molecule has 1 aliphatic heterocycles. The number of β-amino-alcohol motifs (C(OH)–C–C–N with tert-alkyl or cyclic N) is 1. The molecule has 0 spiro atoms. The number of aliphatic hydroxyl groups excluding tert-OH is 1. The van der Waals surface area contributed by atoms with Crippen molar-refractivity contribution in [3.05, 3.63) is 35.4 Å². The second kappa shape index (κ2) is 7.23. The Balaban J connectivity index is 1.94. The largest absolute Gasteiger partial charge is 0.390 e. The molecule has 1 atom stereocenters. The van der Waals surface area contributed by atoms with E-state index in [1.165, 1.54) is 4.90 Å². The highest BCUT2D eigenvalue weighted by Gasteiger charge is 2.25. The zero-order valence-corrected chi connectivity index (χ0v) is 15.5. The molecule has 0 aromatic heterocycles. The molecule has 0 aliphatic carbocycles. The van der Waals surface area contributed by atoms with E-state index in [0.29, 0.717) is 18.5 Å². The van der Waals surface area contributed by atoms with Gasteiger partial charge < -0.3 is 10.0 Å². The molecule has 6 heteroatoms. The molecule has 0 saturated carbocycles. The van der Waals surface area contributed by atoms with E-state index in [1.807, 2.05) is 24.3 Å². The second-order valence-corrected chi connectivity index (χ2v) is 9.71. The van der Waals surface area contributed by atoms with Gasteiger partial charge in [0, 0.05) is 19.5 Å². The normalized spacial score (nSPS) is 17.3. The minimum Gasteiger partial charge on any atom is -0.390 e. The monoisotopic (exact) mass is 353 g/mol. The van der Waals surface area contributed by atoms with Crippen molar-refractivity contribution in [2.45, 2.75) is 50.9 Å². The molecule has 1 aliphatic rings. The van der Waals surface area contributed by atoms with E-state index in [0.717, 1.165) is 12.0 Å². The van der Waals surface area contributed by atoms with E-state index in [2.05, 4.69) is 20.8 Å². The Kier molecular flexibility index (Phi) is 5.71. The summed E-state index contributed by atoms with van der Waals surface area (Å²) in [7, 11) is -3.43. The van der Waals surface area contributed by atoms with Crippen molar-refractivity contribution in [3.8, 4) is 0 Å². The predicted octanol–water partition coefficient (Wildman–Crippen LogP) is 1.88. The predicted molar refractivity (Wildman–Crippen MR) is 94.5 cm³/mol. The average Bonchev–Trinajstić information content (AvgIpc) is 2.82. The fraction of sp³-hybridized carbons (Fsp3) is 0.611. The molecule has 134 valence electrons. The molecule has 1 amide bonds. The van der Waals surface area contributed by atoms with Gasteiger partial charge in [-0.3, -0.25) is 4.79 Å². The van der Waals surface area contributed by atoms with Crippen LogP contribution in [0.3, 0.4) is 0 Å². The topological polar surface area (TPSA) is 74.7 Å². The number of benzene rings is 1. The van der Waals surface area contributed by atoms with Gasteiger partial charge in [0.25, 0.3) is 0 Å². The van der Waals surface area contributed by atoms with Crippen molar-refractivity contribution >= 4 is 15.7 Å². The highest BCUT2D eigenvalue weighted by atomic mass is 32.2. The fourth-order valence-electron chi connectivity index (χ4n) is 2.91. The van der Waals surface area contributed by atoms with Crippen LogP contribution >= 0.6 is 0 Å². The van der Waals surface area contributed by atoms with Crippen LogP contribution in [0.25, 0.3) is 0 Å². The zero-order valence-electron chi connectivity index (χ0n) is 14.7. The molecule has 0 radical (unpaired) electrons. The minimum atomic E-state index is -3.43. The molecule has 1 fully saturated rings. The molecule has 5 nitrogen and oxygen atoms in total. The Hall–Kier alpha value is -1.40. The smallest absolute Gasteiger partial charge is 0.222 e. The van der Waals surface area contributed by atoms with Gasteiger partial charge in [-0.25, -0.2) is 8.42 Å². The lowest BCUT2D eigenvalue weighted by molar-refractivity contribution is -0.128. The SMILES string of the molecule is CC(C)(C)c1ccc(CS(=O)(=O)C[C@@H](O)CN2CCCC2=O)cc1. The first-order valence-electron chi connectivity index (χ1n) is 8.32. The Bertz CT molecular complexity index is 674. The molecule has 24 heavy (non-hydrogen) atoms. The maximum absolute atomic E-state index is 12.3. The number of hydrogen-bond acceptors (Lipinski definition) is 4. The molecular weight excluding hydrogens is 326 g/mol. The second-order valence-electron chi connectivity index (χ2n) is 7.60. The van der Waals surface area contributed by atoms with E-state index < -0.39 is 15.9 Å². The van der Waals surface area contributed by atoms with Gasteiger partial charge in [-0.2, -0.15) is 0 Å². The van der Waals surface area contributed by atoms with Gasteiger partial charge in [-0.1, -0.05) is 45.0 Å². The first kappa shape index (κ1) is 18.9. The summed E-state index contributed by atoms with van der Waals surface area (Å²) in [5.74, 6) is -0.426. The fourth-order valence-corrected chi connectivity index (χ4v) is 4.42. The van der Waals surface area contributed by atoms with Crippen molar-refractivity contribution in [1.82, 2.24) is 4.90 Å². The van der Waals surface area contributed by atoms with E-state index >= 15 is 0 Å². The van der Waals surface area contributed by atoms with Gasteiger partial charge in [-0.05, 0) is 23.0 Å². The van der Waals surface area contributed by atoms with E-state index in [1.54, 1.807) is 0 Å². The Labute approximate surface area is 144 Å². The van der Waals surface area contributed by atoms with Crippen LogP contribution in [0, 0.1) is 0 Å². The lowest BCUT2D eigenvalue weighted by atomic mass is 9.87. The first-order valence-corrected chi connectivity index (χ1v) is 10.1. The summed E-state index contributed by atoms with van der Waals surface area (Å²) in [6, 6.07) is 7.55. The van der Waals surface area contributed by atoms with E-state index in [4.69, 9.17) is 0 Å². The maximum atomic E-state index is 12.3. The number of hydrogen-bond donors (Lipinski definition) is 1. The number of aliphatic hydroxyl groups is 1. The zero-order chi connectivity index (χ0) is 18.0. The molecule has 1 aromatic rings. The highest BCUT2D eigenvalue weighted by molar-refractivity contribution is 7.90.